The summed E-state index contributed by atoms with van der Waals surface area (Å²) in [5.74, 6) is -0.826. The molecule has 12 nitrogen and oxygen atoms in total. The number of phenolic OH excluding ortho intramolecular Hbond substituents is 1. The molecule has 0 radical (unpaired) electrons. The van der Waals surface area contributed by atoms with Crippen LogP contribution in [0.15, 0.2) is 93.4 Å². The zero-order chi connectivity index (χ0) is 40.9. The zero-order valence-corrected chi connectivity index (χ0v) is 35.7. The van der Waals surface area contributed by atoms with Gasteiger partial charge in [0.2, 0.25) is 19.7 Å². The SMILES string of the molecule is C1CCOC1.O=C(Nc1ccc2c(c1)S(=O)(=O)C=C2)c1cc(Cl)ccc1O.O=C(Nc1ccc2c(c1)S(=O)(=O)C=C2)c1cc(Cl)ccc1OCCBr.OCCBr. The molecule has 0 aliphatic carbocycles. The van der Waals surface area contributed by atoms with E-state index in [0.29, 0.717) is 55.6 Å². The number of sulfone groups is 2. The molecule has 56 heavy (non-hydrogen) atoms. The van der Waals surface area contributed by atoms with E-state index in [2.05, 4.69) is 42.5 Å². The number of anilines is 2. The molecule has 7 rings (SSSR count). The number of ether oxygens (including phenoxy) is 2. The Balaban J connectivity index is 0.000000204. The Labute approximate surface area is 351 Å². The molecule has 0 unspecified atom stereocenters. The van der Waals surface area contributed by atoms with Crippen LogP contribution in [0, 0.1) is 0 Å². The van der Waals surface area contributed by atoms with Gasteiger partial charge >= 0.3 is 0 Å². The smallest absolute Gasteiger partial charge is 0.259 e. The lowest BCUT2D eigenvalue weighted by atomic mass is 10.1. The van der Waals surface area contributed by atoms with E-state index in [9.17, 15) is 31.5 Å². The van der Waals surface area contributed by atoms with E-state index < -0.39 is 31.5 Å². The molecular weight excluding hydrogens is 939 g/mol. The van der Waals surface area contributed by atoms with Gasteiger partial charge < -0.3 is 30.3 Å². The Hall–Kier alpha value is -3.74. The summed E-state index contributed by atoms with van der Waals surface area (Å²) in [6.45, 7) is 2.63. The average Bonchev–Trinajstić information content (AvgIpc) is 3.93. The molecule has 3 aliphatic rings. The number of carbonyl (C=O) groups is 2. The molecule has 3 heterocycles. The first-order valence-corrected chi connectivity index (χ1v) is 22.8. The third-order valence-corrected chi connectivity index (χ3v) is 11.7. The second kappa shape index (κ2) is 21.1. The van der Waals surface area contributed by atoms with Gasteiger partial charge in [0.05, 0.1) is 34.1 Å². The molecule has 0 bridgehead atoms. The summed E-state index contributed by atoms with van der Waals surface area (Å²) in [5, 5.41) is 27.0. The minimum absolute atomic E-state index is 0.00832. The van der Waals surface area contributed by atoms with Crippen LogP contribution in [0.5, 0.6) is 11.5 Å². The standard InChI is InChI=1S/C17H13BrClNO4S.C15H10ClNO4S.C4H8O.C2H5BrO/c18-6-7-24-15-4-2-12(19)9-14(15)17(21)20-13-3-1-11-5-8-25(22,23)16(11)10-13;16-10-2-4-13(18)12(7-10)15(19)17-11-3-1-9-5-6-22(20,21)14(9)8-11;1-2-4-5-3-1;3-1-2-4/h1-5,8-10H,6-7H2,(H,20,21);1-8,18H,(H,17,19);1-4H2;4H,1-2H2. The van der Waals surface area contributed by atoms with Crippen molar-refractivity contribution in [3.8, 4) is 11.5 Å². The van der Waals surface area contributed by atoms with Crippen molar-refractivity contribution in [2.45, 2.75) is 22.6 Å². The van der Waals surface area contributed by atoms with Gasteiger partial charge in [-0.1, -0.05) is 67.2 Å². The predicted molar refractivity (Wildman–Crippen MR) is 226 cm³/mol. The van der Waals surface area contributed by atoms with Gasteiger partial charge in [0.15, 0.2) is 0 Å². The summed E-state index contributed by atoms with van der Waals surface area (Å²) in [5.41, 5.74) is 2.15. The van der Waals surface area contributed by atoms with Crippen molar-refractivity contribution in [1.82, 2.24) is 0 Å². The van der Waals surface area contributed by atoms with Gasteiger partial charge in [-0.25, -0.2) is 16.8 Å². The molecule has 0 spiro atoms. The minimum Gasteiger partial charge on any atom is -0.507 e. The number of rotatable bonds is 8. The number of aromatic hydroxyl groups is 1. The second-order valence-electron chi connectivity index (χ2n) is 11.7. The van der Waals surface area contributed by atoms with Crippen molar-refractivity contribution in [2.75, 3.05) is 47.7 Å². The highest BCUT2D eigenvalue weighted by molar-refractivity contribution is 9.09. The normalized spacial score (nSPS) is 14.7. The lowest BCUT2D eigenvalue weighted by molar-refractivity contribution is 0.101. The van der Waals surface area contributed by atoms with Crippen LogP contribution >= 0.6 is 55.1 Å². The number of nitrogens with one attached hydrogen (secondary N) is 2. The van der Waals surface area contributed by atoms with Gasteiger partial charge in [0.1, 0.15) is 11.5 Å². The molecule has 2 amide bonds. The highest BCUT2D eigenvalue weighted by Gasteiger charge is 2.23. The number of alkyl halides is 2. The molecule has 1 fully saturated rings. The number of phenols is 1. The zero-order valence-electron chi connectivity index (χ0n) is 29.4. The summed E-state index contributed by atoms with van der Waals surface area (Å²) in [6.07, 6.45) is 5.58. The number of halogens is 4. The van der Waals surface area contributed by atoms with Crippen LogP contribution < -0.4 is 15.4 Å². The Bertz CT molecular complexity index is 2330. The van der Waals surface area contributed by atoms with Gasteiger partial charge in [-0.3, -0.25) is 9.59 Å². The van der Waals surface area contributed by atoms with Crippen LogP contribution in [-0.4, -0.2) is 76.0 Å². The molecular formula is C38H36Br2Cl2N2O10S2. The number of aliphatic hydroxyl groups is 1. The Kier molecular flexibility index (Phi) is 17.0. The number of fused-ring (bicyclic) bond motifs is 2. The molecule has 0 atom stereocenters. The van der Waals surface area contributed by atoms with Crippen LogP contribution in [0.2, 0.25) is 10.0 Å². The molecule has 4 aromatic carbocycles. The maximum Gasteiger partial charge on any atom is 0.259 e. The molecule has 0 saturated carbocycles. The van der Waals surface area contributed by atoms with Gasteiger partial charge in [-0.15, -0.1) is 0 Å². The van der Waals surface area contributed by atoms with Crippen LogP contribution in [0.1, 0.15) is 44.7 Å². The summed E-state index contributed by atoms with van der Waals surface area (Å²) in [6, 6.07) is 18.2. The van der Waals surface area contributed by atoms with Crippen LogP contribution in [0.3, 0.4) is 0 Å². The van der Waals surface area contributed by atoms with Crippen molar-refractivity contribution < 1.29 is 46.1 Å². The Morgan fingerprint density at radius 2 is 1.20 bits per heavy atom. The third-order valence-electron chi connectivity index (χ3n) is 7.65. The number of benzene rings is 4. The largest absolute Gasteiger partial charge is 0.507 e. The number of aliphatic hydroxyl groups excluding tert-OH is 1. The first-order chi connectivity index (χ1) is 26.7. The van der Waals surface area contributed by atoms with Gasteiger partial charge in [-0.05, 0) is 96.8 Å². The van der Waals surface area contributed by atoms with Gasteiger partial charge in [-0.2, -0.15) is 0 Å². The second-order valence-corrected chi connectivity index (χ2v) is 17.7. The van der Waals surface area contributed by atoms with E-state index in [1.54, 1.807) is 36.4 Å². The van der Waals surface area contributed by atoms with Crippen LogP contribution in [0.25, 0.3) is 12.2 Å². The third kappa shape index (κ3) is 12.6. The van der Waals surface area contributed by atoms with Gasteiger partial charge in [0, 0.05) is 56.1 Å². The van der Waals surface area contributed by atoms with Gasteiger partial charge in [0.25, 0.3) is 11.8 Å². The molecule has 298 valence electrons. The van der Waals surface area contributed by atoms with Crippen molar-refractivity contribution in [2.24, 2.45) is 0 Å². The first kappa shape index (κ1) is 45.0. The molecule has 0 aromatic heterocycles. The first-order valence-electron chi connectivity index (χ1n) is 16.7. The minimum atomic E-state index is -3.45. The maximum absolute atomic E-state index is 12.6. The Morgan fingerprint density at radius 3 is 1.66 bits per heavy atom. The number of carbonyl (C=O) groups excluding carboxylic acids is 2. The quantitative estimate of drug-likeness (QED) is 0.125. The maximum atomic E-state index is 12.6. The molecule has 3 aliphatic heterocycles. The van der Waals surface area contributed by atoms with Crippen molar-refractivity contribution in [1.29, 1.82) is 0 Å². The summed E-state index contributed by atoms with van der Waals surface area (Å²) in [7, 11) is -6.88. The van der Waals surface area contributed by atoms with E-state index in [0.717, 1.165) is 24.0 Å². The Morgan fingerprint density at radius 1 is 0.714 bits per heavy atom. The highest BCUT2D eigenvalue weighted by Crippen LogP contribution is 2.32. The summed E-state index contributed by atoms with van der Waals surface area (Å²) >= 11 is 18.0. The number of hydrogen-bond donors (Lipinski definition) is 4. The van der Waals surface area contributed by atoms with E-state index in [1.807, 2.05) is 0 Å². The average molecular weight is 976 g/mol. The lowest BCUT2D eigenvalue weighted by Gasteiger charge is -2.12. The molecule has 4 N–H and O–H groups in total. The van der Waals surface area contributed by atoms with Crippen molar-refractivity contribution >= 4 is 110 Å². The lowest BCUT2D eigenvalue weighted by Crippen LogP contribution is -2.14. The predicted octanol–water partition coefficient (Wildman–Crippen LogP) is 8.35. The fourth-order valence-corrected chi connectivity index (χ4v) is 7.98. The fourth-order valence-electron chi connectivity index (χ4n) is 5.02. The van der Waals surface area contributed by atoms with E-state index >= 15 is 0 Å². The molecule has 1 saturated heterocycles. The van der Waals surface area contributed by atoms with Crippen LogP contribution in [-0.2, 0) is 24.4 Å². The molecule has 4 aromatic rings. The summed E-state index contributed by atoms with van der Waals surface area (Å²) in [4.78, 5) is 25.1. The van der Waals surface area contributed by atoms with E-state index in [-0.39, 0.29) is 33.3 Å². The van der Waals surface area contributed by atoms with E-state index in [1.165, 1.54) is 61.4 Å². The van der Waals surface area contributed by atoms with Crippen molar-refractivity contribution in [3.05, 3.63) is 116 Å². The van der Waals surface area contributed by atoms with Crippen LogP contribution in [0.4, 0.5) is 11.4 Å². The molecule has 18 heteroatoms. The topological polar surface area (TPSA) is 185 Å². The van der Waals surface area contributed by atoms with Crippen molar-refractivity contribution in [3.63, 3.8) is 0 Å². The monoisotopic (exact) mass is 972 g/mol. The summed E-state index contributed by atoms with van der Waals surface area (Å²) < 4.78 is 58.0. The fraction of sp³-hybridized carbons (Fsp3) is 0.211. The highest BCUT2D eigenvalue weighted by atomic mass is 79.9. The van der Waals surface area contributed by atoms with E-state index in [4.69, 9.17) is 37.8 Å². The number of hydrogen-bond acceptors (Lipinski definition) is 10. The number of amides is 2.